The molecule has 1 amide bonds. The van der Waals surface area contributed by atoms with Crippen LogP contribution in [0.4, 0.5) is 21.5 Å². The minimum atomic E-state index is -3.47. The number of fused-ring (bicyclic) bond motifs is 1. The summed E-state index contributed by atoms with van der Waals surface area (Å²) in [5, 5.41) is 0.0698. The maximum Gasteiger partial charge on any atom is 0.275 e. The fourth-order valence-electron chi connectivity index (χ4n) is 2.66. The zero-order valence-corrected chi connectivity index (χ0v) is 15.8. The van der Waals surface area contributed by atoms with Gasteiger partial charge >= 0.3 is 0 Å². The molecule has 6 nitrogen and oxygen atoms in total. The summed E-state index contributed by atoms with van der Waals surface area (Å²) in [6.07, 6.45) is 1.03. The van der Waals surface area contributed by atoms with Gasteiger partial charge in [-0.3, -0.25) is 14.4 Å². The van der Waals surface area contributed by atoms with E-state index in [4.69, 9.17) is 16.3 Å². The van der Waals surface area contributed by atoms with E-state index in [0.717, 1.165) is 12.3 Å². The van der Waals surface area contributed by atoms with E-state index in [9.17, 15) is 17.6 Å². The van der Waals surface area contributed by atoms with Gasteiger partial charge in [0, 0.05) is 6.07 Å². The third-order valence-corrected chi connectivity index (χ3v) is 4.65. The Morgan fingerprint density at radius 2 is 1.81 bits per heavy atom. The molecule has 3 rings (SSSR count). The number of halogens is 2. The zero-order valence-electron chi connectivity index (χ0n) is 14.2. The average molecular weight is 399 g/mol. The molecule has 138 valence electrons. The maximum atomic E-state index is 13.4. The van der Waals surface area contributed by atoms with Gasteiger partial charge in [0.1, 0.15) is 11.6 Å². The number of rotatable bonds is 3. The van der Waals surface area contributed by atoms with Crippen molar-refractivity contribution in [2.75, 3.05) is 15.9 Å². The second-order valence-corrected chi connectivity index (χ2v) is 8.56. The van der Waals surface area contributed by atoms with E-state index in [-0.39, 0.29) is 10.9 Å². The molecule has 0 radical (unpaired) electrons. The first-order valence-electron chi connectivity index (χ1n) is 7.58. The van der Waals surface area contributed by atoms with Gasteiger partial charge in [-0.05, 0) is 44.2 Å². The number of anilines is 3. The Morgan fingerprint density at radius 1 is 1.15 bits per heavy atom. The summed E-state index contributed by atoms with van der Waals surface area (Å²) < 4.78 is 44.4. The molecule has 26 heavy (non-hydrogen) atoms. The van der Waals surface area contributed by atoms with E-state index < -0.39 is 21.4 Å². The summed E-state index contributed by atoms with van der Waals surface area (Å²) in [4.78, 5) is 14.2. The van der Waals surface area contributed by atoms with E-state index >= 15 is 0 Å². The highest BCUT2D eigenvalue weighted by Crippen LogP contribution is 2.45. The lowest BCUT2D eigenvalue weighted by atomic mass is 10.0. The quantitative estimate of drug-likeness (QED) is 0.855. The highest BCUT2D eigenvalue weighted by molar-refractivity contribution is 7.92. The molecule has 1 aliphatic heterocycles. The first kappa shape index (κ1) is 18.5. The lowest BCUT2D eigenvalue weighted by Crippen LogP contribution is -2.50. The van der Waals surface area contributed by atoms with Gasteiger partial charge in [0.15, 0.2) is 5.60 Å². The van der Waals surface area contributed by atoms with Crippen molar-refractivity contribution >= 4 is 44.6 Å². The molecule has 0 unspecified atom stereocenters. The van der Waals surface area contributed by atoms with Crippen molar-refractivity contribution in [2.45, 2.75) is 19.4 Å². The number of ether oxygens (including phenoxy) is 1. The normalized spacial score (nSPS) is 16.0. The van der Waals surface area contributed by atoms with Crippen molar-refractivity contribution in [1.82, 2.24) is 0 Å². The van der Waals surface area contributed by atoms with Crippen LogP contribution in [-0.4, -0.2) is 26.2 Å². The molecule has 1 aliphatic rings. The Balaban J connectivity index is 2.16. The lowest BCUT2D eigenvalue weighted by Gasteiger charge is -2.39. The summed E-state index contributed by atoms with van der Waals surface area (Å²) in [5.74, 6) is -0.613. The molecule has 0 spiro atoms. The van der Waals surface area contributed by atoms with E-state index in [1.54, 1.807) is 13.8 Å². The topological polar surface area (TPSA) is 75.7 Å². The average Bonchev–Trinajstić information content (AvgIpc) is 2.48. The Labute approximate surface area is 155 Å². The van der Waals surface area contributed by atoms with E-state index in [2.05, 4.69) is 4.72 Å². The smallest absolute Gasteiger partial charge is 0.275 e. The van der Waals surface area contributed by atoms with E-state index in [1.165, 1.54) is 35.2 Å². The third-order valence-electron chi connectivity index (χ3n) is 3.74. The summed E-state index contributed by atoms with van der Waals surface area (Å²) in [6.45, 7) is 3.17. The van der Waals surface area contributed by atoms with Gasteiger partial charge in [-0.2, -0.15) is 0 Å². The largest absolute Gasteiger partial charge is 0.476 e. The SMILES string of the molecule is CC1(C)Oc2cc(NS(C)(=O)=O)ccc2N(c2ccc(F)cc2Cl)C1=O. The number of hydrogen-bond acceptors (Lipinski definition) is 4. The molecule has 0 saturated heterocycles. The predicted molar refractivity (Wildman–Crippen MR) is 98.2 cm³/mol. The molecular formula is C17H16ClFN2O4S. The van der Waals surface area contributed by atoms with Crippen molar-refractivity contribution in [3.8, 4) is 5.75 Å². The van der Waals surface area contributed by atoms with E-state index in [1.807, 2.05) is 0 Å². The minimum Gasteiger partial charge on any atom is -0.476 e. The van der Waals surface area contributed by atoms with Gasteiger partial charge in [0.25, 0.3) is 5.91 Å². The fourth-order valence-corrected chi connectivity index (χ4v) is 3.46. The van der Waals surface area contributed by atoms with Crippen molar-refractivity contribution in [3.05, 3.63) is 47.2 Å². The van der Waals surface area contributed by atoms with Crippen molar-refractivity contribution in [3.63, 3.8) is 0 Å². The van der Waals surface area contributed by atoms with E-state index in [0.29, 0.717) is 22.8 Å². The summed E-state index contributed by atoms with van der Waals surface area (Å²) >= 11 is 6.14. The van der Waals surface area contributed by atoms with Gasteiger partial charge in [-0.1, -0.05) is 11.6 Å². The number of nitrogens with one attached hydrogen (secondary N) is 1. The summed E-state index contributed by atoms with van der Waals surface area (Å²) in [6, 6.07) is 8.25. The number of hydrogen-bond donors (Lipinski definition) is 1. The number of nitrogens with zero attached hydrogens (tertiary/aromatic N) is 1. The van der Waals surface area contributed by atoms with Gasteiger partial charge < -0.3 is 4.74 Å². The molecule has 0 fully saturated rings. The van der Waals surface area contributed by atoms with Crippen LogP contribution < -0.4 is 14.4 Å². The Hall–Kier alpha value is -2.32. The molecular weight excluding hydrogens is 383 g/mol. The van der Waals surface area contributed by atoms with Crippen molar-refractivity contribution in [2.24, 2.45) is 0 Å². The number of benzene rings is 2. The molecule has 0 saturated carbocycles. The highest BCUT2D eigenvalue weighted by atomic mass is 35.5. The van der Waals surface area contributed by atoms with Crippen LogP contribution in [0.15, 0.2) is 36.4 Å². The summed E-state index contributed by atoms with van der Waals surface area (Å²) in [7, 11) is -3.47. The lowest BCUT2D eigenvalue weighted by molar-refractivity contribution is -0.131. The van der Waals surface area contributed by atoms with Crippen LogP contribution >= 0.6 is 11.6 Å². The monoisotopic (exact) mass is 398 g/mol. The molecule has 1 N–H and O–H groups in total. The molecule has 0 aromatic heterocycles. The molecule has 0 aliphatic carbocycles. The molecule has 2 aromatic carbocycles. The van der Waals surface area contributed by atoms with Gasteiger partial charge in [-0.25, -0.2) is 12.8 Å². The van der Waals surface area contributed by atoms with Crippen LogP contribution in [0.1, 0.15) is 13.8 Å². The Kier molecular flexibility index (Phi) is 4.36. The fraction of sp³-hybridized carbons (Fsp3) is 0.235. The Bertz CT molecular complexity index is 1010. The van der Waals surface area contributed by atoms with Crippen LogP contribution in [0.3, 0.4) is 0 Å². The number of carbonyl (C=O) groups excluding carboxylic acids is 1. The molecule has 0 atom stereocenters. The minimum absolute atomic E-state index is 0.0698. The molecule has 9 heteroatoms. The zero-order chi connectivity index (χ0) is 19.3. The maximum absolute atomic E-state index is 13.4. The second-order valence-electron chi connectivity index (χ2n) is 6.41. The van der Waals surface area contributed by atoms with Gasteiger partial charge in [0.05, 0.1) is 28.3 Å². The van der Waals surface area contributed by atoms with Crippen molar-refractivity contribution in [1.29, 1.82) is 0 Å². The van der Waals surface area contributed by atoms with Crippen LogP contribution in [0.2, 0.25) is 5.02 Å². The second kappa shape index (κ2) is 6.14. The first-order chi connectivity index (χ1) is 12.0. The van der Waals surface area contributed by atoms with Gasteiger partial charge in [-0.15, -0.1) is 0 Å². The van der Waals surface area contributed by atoms with Crippen LogP contribution in [-0.2, 0) is 14.8 Å². The number of carbonyl (C=O) groups is 1. The first-order valence-corrected chi connectivity index (χ1v) is 9.85. The third kappa shape index (κ3) is 3.47. The number of sulfonamides is 1. The summed E-state index contributed by atoms with van der Waals surface area (Å²) in [5.41, 5.74) is -0.253. The highest BCUT2D eigenvalue weighted by Gasteiger charge is 2.42. The van der Waals surface area contributed by atoms with Crippen LogP contribution in [0, 0.1) is 5.82 Å². The Morgan fingerprint density at radius 3 is 2.42 bits per heavy atom. The predicted octanol–water partition coefficient (Wildman–Crippen LogP) is 3.69. The molecule has 0 bridgehead atoms. The standard InChI is InChI=1S/C17H16ClFN2O4S/c1-17(2)16(22)21(13-6-4-10(19)8-12(13)18)14-7-5-11(9-15(14)25-17)20-26(3,23)24/h4-9,20H,1-3H3. The molecule has 2 aromatic rings. The molecule has 1 heterocycles. The van der Waals surface area contributed by atoms with Gasteiger partial charge in [0.2, 0.25) is 10.0 Å². The number of amides is 1. The van der Waals surface area contributed by atoms with Crippen LogP contribution in [0.5, 0.6) is 5.75 Å². The van der Waals surface area contributed by atoms with Crippen LogP contribution in [0.25, 0.3) is 0 Å². The van der Waals surface area contributed by atoms with Crippen molar-refractivity contribution < 1.29 is 22.3 Å².